The topological polar surface area (TPSA) is 90.9 Å². The number of rotatable bonds is 6. The SMILES string of the molecule is CCN(CCC#N)Cc1cnc(NN)cn1. The van der Waals surface area contributed by atoms with Gasteiger partial charge < -0.3 is 5.43 Å². The quantitative estimate of drug-likeness (QED) is 0.536. The average Bonchev–Trinajstić information content (AvgIpc) is 2.35. The van der Waals surface area contributed by atoms with Gasteiger partial charge in [-0.25, -0.2) is 10.8 Å². The van der Waals surface area contributed by atoms with Crippen LogP contribution in [0, 0.1) is 11.3 Å². The molecule has 3 N–H and O–H groups in total. The first-order chi connectivity index (χ1) is 7.80. The minimum absolute atomic E-state index is 0.531. The number of nitrogens with zero attached hydrogens (tertiary/aromatic N) is 4. The van der Waals surface area contributed by atoms with Gasteiger partial charge in [0.15, 0.2) is 5.82 Å². The van der Waals surface area contributed by atoms with Crippen molar-refractivity contribution in [3.05, 3.63) is 18.1 Å². The van der Waals surface area contributed by atoms with Crippen LogP contribution in [0.5, 0.6) is 0 Å². The number of nitriles is 1. The molecule has 16 heavy (non-hydrogen) atoms. The number of hydrogen-bond acceptors (Lipinski definition) is 6. The van der Waals surface area contributed by atoms with Crippen LogP contribution in [0.2, 0.25) is 0 Å². The van der Waals surface area contributed by atoms with Gasteiger partial charge in [0, 0.05) is 19.5 Å². The van der Waals surface area contributed by atoms with Crippen LogP contribution in [0.25, 0.3) is 0 Å². The first-order valence-electron chi connectivity index (χ1n) is 5.17. The second-order valence-corrected chi connectivity index (χ2v) is 3.31. The predicted molar refractivity (Wildman–Crippen MR) is 61.0 cm³/mol. The van der Waals surface area contributed by atoms with Crippen molar-refractivity contribution in [2.45, 2.75) is 19.9 Å². The van der Waals surface area contributed by atoms with Gasteiger partial charge in [-0.15, -0.1) is 0 Å². The molecule has 1 aromatic heterocycles. The van der Waals surface area contributed by atoms with E-state index in [1.54, 1.807) is 12.4 Å². The normalized spacial score (nSPS) is 10.1. The first kappa shape index (κ1) is 12.4. The zero-order valence-electron chi connectivity index (χ0n) is 9.35. The van der Waals surface area contributed by atoms with Gasteiger partial charge in [-0.3, -0.25) is 9.88 Å². The third-order valence-electron chi connectivity index (χ3n) is 2.23. The fourth-order valence-corrected chi connectivity index (χ4v) is 1.30. The minimum atomic E-state index is 0.531. The molecule has 0 amide bonds. The number of nitrogen functional groups attached to an aromatic ring is 1. The minimum Gasteiger partial charge on any atom is -0.307 e. The summed E-state index contributed by atoms with van der Waals surface area (Å²) < 4.78 is 0. The molecule has 0 aliphatic rings. The summed E-state index contributed by atoms with van der Waals surface area (Å²) in [5.41, 5.74) is 3.30. The maximum atomic E-state index is 8.52. The molecule has 0 aliphatic carbocycles. The van der Waals surface area contributed by atoms with Crippen molar-refractivity contribution in [3.8, 4) is 6.07 Å². The summed E-state index contributed by atoms with van der Waals surface area (Å²) in [5.74, 6) is 5.74. The summed E-state index contributed by atoms with van der Waals surface area (Å²) >= 11 is 0. The van der Waals surface area contributed by atoms with Gasteiger partial charge in [0.25, 0.3) is 0 Å². The lowest BCUT2D eigenvalue weighted by Crippen LogP contribution is -2.24. The predicted octanol–water partition coefficient (Wildman–Crippen LogP) is 0.498. The Balaban J connectivity index is 2.53. The Morgan fingerprint density at radius 1 is 1.50 bits per heavy atom. The molecule has 1 rings (SSSR count). The zero-order valence-corrected chi connectivity index (χ0v) is 9.35. The Hall–Kier alpha value is -1.71. The van der Waals surface area contributed by atoms with Crippen LogP contribution in [-0.2, 0) is 6.54 Å². The van der Waals surface area contributed by atoms with E-state index in [-0.39, 0.29) is 0 Å². The van der Waals surface area contributed by atoms with Crippen LogP contribution in [0.4, 0.5) is 5.82 Å². The van der Waals surface area contributed by atoms with Crippen LogP contribution in [0.3, 0.4) is 0 Å². The highest BCUT2D eigenvalue weighted by atomic mass is 15.3. The van der Waals surface area contributed by atoms with E-state index in [9.17, 15) is 0 Å². The molecule has 0 bridgehead atoms. The van der Waals surface area contributed by atoms with E-state index in [0.29, 0.717) is 18.8 Å². The second kappa shape index (κ2) is 6.71. The number of aromatic nitrogens is 2. The summed E-state index contributed by atoms with van der Waals surface area (Å²) in [6.07, 6.45) is 3.81. The molecule has 86 valence electrons. The summed E-state index contributed by atoms with van der Waals surface area (Å²) in [6, 6.07) is 2.13. The Labute approximate surface area is 95.1 Å². The molecule has 0 fully saturated rings. The number of nitrogens with two attached hydrogens (primary N) is 1. The third kappa shape index (κ3) is 3.81. The fourth-order valence-electron chi connectivity index (χ4n) is 1.30. The lowest BCUT2D eigenvalue weighted by Gasteiger charge is -2.17. The van der Waals surface area contributed by atoms with Gasteiger partial charge in [-0.1, -0.05) is 6.92 Å². The summed E-state index contributed by atoms with van der Waals surface area (Å²) in [6.45, 7) is 4.41. The van der Waals surface area contributed by atoms with Crippen LogP contribution in [0.15, 0.2) is 12.4 Å². The van der Waals surface area contributed by atoms with Gasteiger partial charge in [-0.2, -0.15) is 5.26 Å². The summed E-state index contributed by atoms with van der Waals surface area (Å²) in [7, 11) is 0. The van der Waals surface area contributed by atoms with Gasteiger partial charge in [0.05, 0.1) is 24.2 Å². The molecular formula is C10H16N6. The van der Waals surface area contributed by atoms with E-state index >= 15 is 0 Å². The van der Waals surface area contributed by atoms with Crippen molar-refractivity contribution in [1.29, 1.82) is 5.26 Å². The summed E-state index contributed by atoms with van der Waals surface area (Å²) in [5, 5.41) is 8.52. The molecule has 6 nitrogen and oxygen atoms in total. The monoisotopic (exact) mass is 220 g/mol. The number of hydrazine groups is 1. The highest BCUT2D eigenvalue weighted by molar-refractivity contribution is 5.28. The van der Waals surface area contributed by atoms with Gasteiger partial charge in [0.1, 0.15) is 0 Å². The van der Waals surface area contributed by atoms with E-state index in [2.05, 4.69) is 33.3 Å². The molecule has 0 spiro atoms. The number of anilines is 1. The zero-order chi connectivity index (χ0) is 11.8. The molecule has 0 unspecified atom stereocenters. The van der Waals surface area contributed by atoms with Crippen LogP contribution >= 0.6 is 0 Å². The van der Waals surface area contributed by atoms with E-state index in [4.69, 9.17) is 11.1 Å². The van der Waals surface area contributed by atoms with Gasteiger partial charge in [0.2, 0.25) is 0 Å². The number of hydrogen-bond donors (Lipinski definition) is 2. The second-order valence-electron chi connectivity index (χ2n) is 3.31. The smallest absolute Gasteiger partial charge is 0.158 e. The number of nitrogens with one attached hydrogen (secondary N) is 1. The molecule has 0 aliphatic heterocycles. The highest BCUT2D eigenvalue weighted by Gasteiger charge is 2.04. The Morgan fingerprint density at radius 3 is 2.81 bits per heavy atom. The van der Waals surface area contributed by atoms with Gasteiger partial charge in [-0.05, 0) is 6.54 Å². The maximum Gasteiger partial charge on any atom is 0.158 e. The van der Waals surface area contributed by atoms with Crippen molar-refractivity contribution in [1.82, 2.24) is 14.9 Å². The van der Waals surface area contributed by atoms with Crippen molar-refractivity contribution in [2.75, 3.05) is 18.5 Å². The van der Waals surface area contributed by atoms with E-state index in [1.807, 2.05) is 0 Å². The molecular weight excluding hydrogens is 204 g/mol. The van der Waals surface area contributed by atoms with E-state index in [0.717, 1.165) is 18.8 Å². The van der Waals surface area contributed by atoms with Gasteiger partial charge >= 0.3 is 0 Å². The molecule has 0 atom stereocenters. The molecule has 1 heterocycles. The standard InChI is InChI=1S/C10H16N6/c1-2-16(5-3-4-11)8-9-6-14-10(15-12)7-13-9/h6-7H,2-3,5,8,12H2,1H3,(H,14,15). The molecule has 0 saturated heterocycles. The lowest BCUT2D eigenvalue weighted by atomic mass is 10.3. The van der Waals surface area contributed by atoms with Crippen molar-refractivity contribution >= 4 is 5.82 Å². The van der Waals surface area contributed by atoms with Crippen molar-refractivity contribution < 1.29 is 0 Å². The summed E-state index contributed by atoms with van der Waals surface area (Å²) in [4.78, 5) is 10.4. The molecule has 1 aromatic rings. The van der Waals surface area contributed by atoms with Crippen molar-refractivity contribution in [2.24, 2.45) is 5.84 Å². The third-order valence-corrected chi connectivity index (χ3v) is 2.23. The van der Waals surface area contributed by atoms with Crippen LogP contribution in [-0.4, -0.2) is 28.0 Å². The first-order valence-corrected chi connectivity index (χ1v) is 5.17. The average molecular weight is 220 g/mol. The molecule has 6 heteroatoms. The van der Waals surface area contributed by atoms with E-state index < -0.39 is 0 Å². The Kier molecular flexibility index (Phi) is 5.19. The molecule has 0 saturated carbocycles. The van der Waals surface area contributed by atoms with E-state index in [1.165, 1.54) is 0 Å². The lowest BCUT2D eigenvalue weighted by molar-refractivity contribution is 0.283. The Bertz CT molecular complexity index is 341. The fraction of sp³-hybridized carbons (Fsp3) is 0.500. The van der Waals surface area contributed by atoms with Crippen molar-refractivity contribution in [3.63, 3.8) is 0 Å². The maximum absolute atomic E-state index is 8.52. The molecule has 0 aromatic carbocycles. The largest absolute Gasteiger partial charge is 0.307 e. The van der Waals surface area contributed by atoms with Crippen LogP contribution in [0.1, 0.15) is 19.0 Å². The van der Waals surface area contributed by atoms with Crippen LogP contribution < -0.4 is 11.3 Å². The Morgan fingerprint density at radius 2 is 2.31 bits per heavy atom. The molecule has 0 radical (unpaired) electrons. The highest BCUT2D eigenvalue weighted by Crippen LogP contribution is 2.03.